The molecule has 7 aromatic carbocycles. The lowest BCUT2D eigenvalue weighted by Crippen LogP contribution is -2.61. The third-order valence-electron chi connectivity index (χ3n) is 10.5. The van der Waals surface area contributed by atoms with Gasteiger partial charge in [-0.15, -0.1) is 11.3 Å². The maximum atomic E-state index is 2.58. The van der Waals surface area contributed by atoms with Crippen molar-refractivity contribution >= 4 is 88.7 Å². The summed E-state index contributed by atoms with van der Waals surface area (Å²) in [6.07, 6.45) is 1.97. The summed E-state index contributed by atoms with van der Waals surface area (Å²) in [6.45, 7) is 2.34. The van der Waals surface area contributed by atoms with Gasteiger partial charge in [-0.1, -0.05) is 109 Å². The van der Waals surface area contributed by atoms with E-state index in [9.17, 15) is 0 Å². The number of fused-ring (bicyclic) bond motifs is 7. The molecule has 3 heterocycles. The molecule has 0 saturated carbocycles. The second-order valence-corrected chi connectivity index (χ2v) is 14.4. The van der Waals surface area contributed by atoms with Crippen LogP contribution in [0.1, 0.15) is 16.7 Å². The minimum atomic E-state index is 0.0997. The molecule has 0 bridgehead atoms. The molecule has 2 aliphatic rings. The Kier molecular flexibility index (Phi) is 6.53. The maximum Gasteiger partial charge on any atom is 0.252 e. The highest BCUT2D eigenvalue weighted by atomic mass is 32.1. The molecule has 0 atom stereocenters. The Morgan fingerprint density at radius 3 is 2.04 bits per heavy atom. The quantitative estimate of drug-likeness (QED) is 0.172. The molecule has 0 unspecified atom stereocenters. The SMILES string of the molecule is Cc1ccccc1N1c2cccc3c2B(c2cc4sc5ccccc5c4cc2N3c2ccccc2)c2cccc(CCc3ccccc3)c21. The van der Waals surface area contributed by atoms with E-state index in [1.165, 1.54) is 87.4 Å². The number of hydrogen-bond acceptors (Lipinski definition) is 3. The van der Waals surface area contributed by atoms with Crippen LogP contribution in [0.3, 0.4) is 0 Å². The van der Waals surface area contributed by atoms with Crippen LogP contribution in [-0.4, -0.2) is 6.71 Å². The zero-order valence-electron chi connectivity index (χ0n) is 27.3. The number of hydrogen-bond donors (Lipinski definition) is 0. The van der Waals surface area contributed by atoms with Crippen LogP contribution in [0.4, 0.5) is 34.1 Å². The fourth-order valence-electron chi connectivity index (χ4n) is 8.32. The summed E-state index contributed by atoms with van der Waals surface area (Å²) in [7, 11) is 0. The van der Waals surface area contributed by atoms with E-state index in [1.54, 1.807) is 0 Å². The van der Waals surface area contributed by atoms with Crippen LogP contribution in [0, 0.1) is 6.92 Å². The summed E-state index contributed by atoms with van der Waals surface area (Å²) in [5.74, 6) is 0. The molecule has 0 fully saturated rings. The Balaban J connectivity index is 1.28. The topological polar surface area (TPSA) is 6.48 Å². The second-order valence-electron chi connectivity index (χ2n) is 13.3. The fourth-order valence-corrected chi connectivity index (χ4v) is 9.45. The van der Waals surface area contributed by atoms with E-state index in [2.05, 4.69) is 174 Å². The molecular weight excluding hydrogens is 611 g/mol. The highest BCUT2D eigenvalue weighted by Crippen LogP contribution is 2.47. The molecular formula is C45H33BN2S. The van der Waals surface area contributed by atoms with E-state index in [0.29, 0.717) is 0 Å². The van der Waals surface area contributed by atoms with Gasteiger partial charge in [0.1, 0.15) is 0 Å². The van der Waals surface area contributed by atoms with Gasteiger partial charge in [0.05, 0.1) is 0 Å². The van der Waals surface area contributed by atoms with E-state index in [-0.39, 0.29) is 6.71 Å². The van der Waals surface area contributed by atoms with Crippen LogP contribution in [-0.2, 0) is 12.8 Å². The van der Waals surface area contributed by atoms with Crippen LogP contribution in [0.2, 0.25) is 0 Å². The van der Waals surface area contributed by atoms with E-state index < -0.39 is 0 Å². The molecule has 2 nitrogen and oxygen atoms in total. The second kappa shape index (κ2) is 11.3. The molecule has 0 N–H and O–H groups in total. The molecule has 4 heteroatoms. The molecule has 0 aliphatic carbocycles. The summed E-state index contributed by atoms with van der Waals surface area (Å²) in [5.41, 5.74) is 15.7. The first-order valence-electron chi connectivity index (χ1n) is 17.2. The summed E-state index contributed by atoms with van der Waals surface area (Å²) >= 11 is 1.91. The summed E-state index contributed by atoms with van der Waals surface area (Å²) < 4.78 is 2.68. The van der Waals surface area contributed by atoms with Crippen LogP contribution < -0.4 is 26.2 Å². The van der Waals surface area contributed by atoms with Crippen molar-refractivity contribution < 1.29 is 0 Å². The van der Waals surface area contributed by atoms with Crippen LogP contribution in [0.5, 0.6) is 0 Å². The molecule has 0 amide bonds. The minimum absolute atomic E-state index is 0.0997. The number of rotatable bonds is 5. The smallest absolute Gasteiger partial charge is 0.252 e. The Labute approximate surface area is 291 Å². The van der Waals surface area contributed by atoms with Crippen molar-refractivity contribution in [2.45, 2.75) is 19.8 Å². The Morgan fingerprint density at radius 1 is 0.510 bits per heavy atom. The normalized spacial score (nSPS) is 13.0. The molecule has 0 radical (unpaired) electrons. The fraction of sp³-hybridized carbons (Fsp3) is 0.0667. The van der Waals surface area contributed by atoms with Gasteiger partial charge >= 0.3 is 0 Å². The Morgan fingerprint density at radius 2 is 1.20 bits per heavy atom. The number of anilines is 6. The van der Waals surface area contributed by atoms with Gasteiger partial charge in [-0.3, -0.25) is 0 Å². The molecule has 1 aromatic heterocycles. The van der Waals surface area contributed by atoms with Crippen LogP contribution in [0.25, 0.3) is 20.2 Å². The van der Waals surface area contributed by atoms with Gasteiger partial charge in [0.2, 0.25) is 0 Å². The molecule has 10 rings (SSSR count). The van der Waals surface area contributed by atoms with Gasteiger partial charge in [-0.05, 0) is 101 Å². The lowest BCUT2D eigenvalue weighted by atomic mass is 9.33. The number of thiophene rings is 1. The summed E-state index contributed by atoms with van der Waals surface area (Å²) in [5, 5.41) is 2.66. The van der Waals surface area contributed by atoms with Gasteiger partial charge in [0, 0.05) is 54.3 Å². The van der Waals surface area contributed by atoms with Crippen molar-refractivity contribution in [3.63, 3.8) is 0 Å². The van der Waals surface area contributed by atoms with Crippen molar-refractivity contribution in [2.24, 2.45) is 0 Å². The van der Waals surface area contributed by atoms with Crippen LogP contribution in [0.15, 0.2) is 158 Å². The molecule has 49 heavy (non-hydrogen) atoms. The highest BCUT2D eigenvalue weighted by Gasteiger charge is 2.44. The minimum Gasteiger partial charge on any atom is -0.311 e. The predicted octanol–water partition coefficient (Wildman–Crippen LogP) is 10.2. The molecule has 2 aliphatic heterocycles. The average molecular weight is 645 g/mol. The third kappa shape index (κ3) is 4.41. The standard InChI is InChI=1S/C45H33BN2S/c1-30-14-8-10-22-38(30)48-40-24-13-23-39-44(40)46(36-21-12-17-32(45(36)48)27-26-31-15-4-2-5-16-31)37-29-43-35(34-20-9-11-25-42(34)49-43)28-41(37)47(39)33-18-6-3-7-19-33/h2-25,28-29H,26-27H2,1H3. The highest BCUT2D eigenvalue weighted by molar-refractivity contribution is 7.26. The Hall–Kier alpha value is -5.58. The van der Waals surface area contributed by atoms with Crippen molar-refractivity contribution in [2.75, 3.05) is 9.80 Å². The first-order chi connectivity index (χ1) is 24.2. The Bertz CT molecular complexity index is 2540. The average Bonchev–Trinajstić information content (AvgIpc) is 3.52. The zero-order chi connectivity index (χ0) is 32.5. The van der Waals surface area contributed by atoms with Crippen LogP contribution >= 0.6 is 11.3 Å². The van der Waals surface area contributed by atoms with Gasteiger partial charge in [-0.2, -0.15) is 0 Å². The molecule has 0 saturated heterocycles. The molecule has 0 spiro atoms. The number of nitrogens with zero attached hydrogens (tertiary/aromatic N) is 2. The number of benzene rings is 7. The third-order valence-corrected chi connectivity index (χ3v) is 11.6. The number of aryl methyl sites for hydroxylation is 3. The monoisotopic (exact) mass is 644 g/mol. The zero-order valence-corrected chi connectivity index (χ0v) is 28.1. The first-order valence-corrected chi connectivity index (χ1v) is 18.0. The predicted molar refractivity (Wildman–Crippen MR) is 212 cm³/mol. The van der Waals surface area contributed by atoms with E-state index in [0.717, 1.165) is 12.8 Å². The first kappa shape index (κ1) is 28.4. The van der Waals surface area contributed by atoms with Gasteiger partial charge in [0.15, 0.2) is 0 Å². The largest absolute Gasteiger partial charge is 0.311 e. The lowest BCUT2D eigenvalue weighted by molar-refractivity contribution is 0.957. The summed E-state index contributed by atoms with van der Waals surface area (Å²) in [6, 6.07) is 58.5. The van der Waals surface area contributed by atoms with E-state index >= 15 is 0 Å². The van der Waals surface area contributed by atoms with Gasteiger partial charge in [0.25, 0.3) is 6.71 Å². The summed E-state index contributed by atoms with van der Waals surface area (Å²) in [4.78, 5) is 5.09. The van der Waals surface area contributed by atoms with Crippen molar-refractivity contribution in [3.8, 4) is 0 Å². The van der Waals surface area contributed by atoms with Crippen molar-refractivity contribution in [1.82, 2.24) is 0 Å². The maximum absolute atomic E-state index is 2.58. The number of para-hydroxylation sites is 3. The van der Waals surface area contributed by atoms with Crippen molar-refractivity contribution in [3.05, 3.63) is 174 Å². The molecule has 232 valence electrons. The van der Waals surface area contributed by atoms with Gasteiger partial charge in [-0.25, -0.2) is 0 Å². The van der Waals surface area contributed by atoms with Gasteiger partial charge < -0.3 is 9.80 Å². The lowest BCUT2D eigenvalue weighted by Gasteiger charge is -2.45. The molecule has 8 aromatic rings. The van der Waals surface area contributed by atoms with E-state index in [4.69, 9.17) is 0 Å². The van der Waals surface area contributed by atoms with E-state index in [1.807, 2.05) is 11.3 Å². The van der Waals surface area contributed by atoms with Crippen molar-refractivity contribution in [1.29, 1.82) is 0 Å².